The van der Waals surface area contributed by atoms with Crippen molar-refractivity contribution >= 4 is 24.0 Å². The van der Waals surface area contributed by atoms with Gasteiger partial charge in [-0.3, -0.25) is 0 Å². The van der Waals surface area contributed by atoms with Crippen molar-refractivity contribution in [3.63, 3.8) is 0 Å². The van der Waals surface area contributed by atoms with E-state index in [2.05, 4.69) is 15.6 Å². The van der Waals surface area contributed by atoms with Crippen LogP contribution in [0.2, 0.25) is 5.15 Å². The first-order valence-corrected chi connectivity index (χ1v) is 4.79. The molecular weight excluding hydrogens is 221 g/mol. The molecule has 2 N–H and O–H groups in total. The molecule has 0 saturated carbocycles. The van der Waals surface area contributed by atoms with Crippen molar-refractivity contribution in [2.24, 2.45) is 0 Å². The van der Waals surface area contributed by atoms with Gasteiger partial charge in [-0.05, 0) is 11.6 Å². The Bertz CT molecular complexity index is 270. The number of rotatable bonds is 1. The Morgan fingerprint density at radius 3 is 2.79 bits per heavy atom. The van der Waals surface area contributed by atoms with E-state index < -0.39 is 0 Å². The number of pyridine rings is 1. The van der Waals surface area contributed by atoms with E-state index in [-0.39, 0.29) is 12.4 Å². The minimum atomic E-state index is 0. The second-order valence-corrected chi connectivity index (χ2v) is 3.51. The second kappa shape index (κ2) is 5.51. The highest BCUT2D eigenvalue weighted by Gasteiger charge is 2.13. The Hall–Kier alpha value is -0.350. The molecule has 1 aliphatic rings. The maximum absolute atomic E-state index is 5.70. The van der Waals surface area contributed by atoms with E-state index >= 15 is 0 Å². The summed E-state index contributed by atoms with van der Waals surface area (Å²) >= 11 is 5.70. The van der Waals surface area contributed by atoms with Crippen molar-refractivity contribution in [2.75, 3.05) is 19.6 Å². The van der Waals surface area contributed by atoms with Crippen molar-refractivity contribution in [2.45, 2.75) is 6.04 Å². The van der Waals surface area contributed by atoms with Crippen molar-refractivity contribution in [3.05, 3.63) is 29.0 Å². The molecule has 3 nitrogen and oxygen atoms in total. The van der Waals surface area contributed by atoms with E-state index in [0.29, 0.717) is 11.2 Å². The van der Waals surface area contributed by atoms with Crippen LogP contribution in [0, 0.1) is 0 Å². The molecule has 0 amide bonds. The summed E-state index contributed by atoms with van der Waals surface area (Å²) in [6.45, 7) is 3.01. The van der Waals surface area contributed by atoms with Crippen LogP contribution in [-0.2, 0) is 0 Å². The topological polar surface area (TPSA) is 37.0 Å². The molecule has 1 aromatic heterocycles. The Balaban J connectivity index is 0.000000980. The Labute approximate surface area is 94.7 Å². The fourth-order valence-corrected chi connectivity index (χ4v) is 1.59. The molecule has 1 aromatic rings. The van der Waals surface area contributed by atoms with Crippen LogP contribution in [-0.4, -0.2) is 24.6 Å². The molecule has 0 aliphatic carbocycles. The number of nitrogens with one attached hydrogen (secondary N) is 2. The largest absolute Gasteiger partial charge is 0.314 e. The van der Waals surface area contributed by atoms with Gasteiger partial charge < -0.3 is 10.6 Å². The molecule has 0 radical (unpaired) electrons. The predicted molar refractivity (Wildman–Crippen MR) is 60.1 cm³/mol. The van der Waals surface area contributed by atoms with Crippen molar-refractivity contribution in [1.29, 1.82) is 0 Å². The van der Waals surface area contributed by atoms with E-state index in [9.17, 15) is 0 Å². The van der Waals surface area contributed by atoms with Crippen molar-refractivity contribution in [3.8, 4) is 0 Å². The Kier molecular flexibility index (Phi) is 4.62. The zero-order valence-electron chi connectivity index (χ0n) is 7.66. The van der Waals surface area contributed by atoms with Gasteiger partial charge in [0.1, 0.15) is 5.15 Å². The van der Waals surface area contributed by atoms with Crippen LogP contribution in [0.1, 0.15) is 11.6 Å². The first-order valence-electron chi connectivity index (χ1n) is 4.42. The molecule has 5 heteroatoms. The zero-order chi connectivity index (χ0) is 9.10. The van der Waals surface area contributed by atoms with E-state index in [0.717, 1.165) is 19.6 Å². The van der Waals surface area contributed by atoms with E-state index in [1.165, 1.54) is 5.56 Å². The fraction of sp³-hybridized carbons (Fsp3) is 0.444. The molecule has 78 valence electrons. The van der Waals surface area contributed by atoms with Gasteiger partial charge in [0.25, 0.3) is 0 Å². The highest BCUT2D eigenvalue weighted by molar-refractivity contribution is 6.29. The predicted octanol–water partition coefficient (Wildman–Crippen LogP) is 1.39. The van der Waals surface area contributed by atoms with E-state index in [1.54, 1.807) is 0 Å². The summed E-state index contributed by atoms with van der Waals surface area (Å²) in [7, 11) is 0. The molecular formula is C9H13Cl2N3. The Morgan fingerprint density at radius 1 is 1.36 bits per heavy atom. The lowest BCUT2D eigenvalue weighted by molar-refractivity contribution is 0.429. The summed E-state index contributed by atoms with van der Waals surface area (Å²) in [5.74, 6) is 0. The molecule has 0 spiro atoms. The molecule has 0 bridgehead atoms. The van der Waals surface area contributed by atoms with Crippen LogP contribution in [0.15, 0.2) is 18.3 Å². The van der Waals surface area contributed by atoms with Crippen molar-refractivity contribution in [1.82, 2.24) is 15.6 Å². The number of hydrogen-bond acceptors (Lipinski definition) is 3. The average Bonchev–Trinajstić information content (AvgIpc) is 2.20. The maximum Gasteiger partial charge on any atom is 0.129 e. The number of piperazine rings is 1. The molecule has 1 fully saturated rings. The van der Waals surface area contributed by atoms with Crippen LogP contribution in [0.4, 0.5) is 0 Å². The number of aromatic nitrogens is 1. The lowest BCUT2D eigenvalue weighted by Gasteiger charge is -2.24. The molecule has 2 heterocycles. The number of nitrogens with zero attached hydrogens (tertiary/aromatic N) is 1. The third-order valence-corrected chi connectivity index (χ3v) is 2.42. The lowest BCUT2D eigenvalue weighted by Crippen LogP contribution is -2.42. The van der Waals surface area contributed by atoms with Gasteiger partial charge in [0.05, 0.1) is 0 Å². The van der Waals surface area contributed by atoms with Gasteiger partial charge in [-0.25, -0.2) is 4.98 Å². The van der Waals surface area contributed by atoms with Gasteiger partial charge in [-0.1, -0.05) is 17.7 Å². The highest BCUT2D eigenvalue weighted by Crippen LogP contribution is 2.14. The second-order valence-electron chi connectivity index (χ2n) is 3.13. The molecule has 14 heavy (non-hydrogen) atoms. The summed E-state index contributed by atoms with van der Waals surface area (Å²) in [6, 6.07) is 4.21. The summed E-state index contributed by atoms with van der Waals surface area (Å²) in [4.78, 5) is 4.05. The summed E-state index contributed by atoms with van der Waals surface area (Å²) in [6.07, 6.45) is 1.83. The van der Waals surface area contributed by atoms with Gasteiger partial charge in [0.15, 0.2) is 0 Å². The quantitative estimate of drug-likeness (QED) is 0.721. The van der Waals surface area contributed by atoms with Gasteiger partial charge >= 0.3 is 0 Å². The van der Waals surface area contributed by atoms with E-state index in [1.807, 2.05) is 18.3 Å². The van der Waals surface area contributed by atoms with Crippen LogP contribution in [0.5, 0.6) is 0 Å². The third-order valence-electron chi connectivity index (χ3n) is 2.19. The molecule has 0 aromatic carbocycles. The van der Waals surface area contributed by atoms with Gasteiger partial charge in [-0.15, -0.1) is 12.4 Å². The standard InChI is InChI=1S/C9H12ClN3.ClH/c10-9-2-1-7(5-13-9)8-6-11-3-4-12-8;/h1-2,5,8,11-12H,3-4,6H2;1H/t8-;/m1./s1. The average molecular weight is 234 g/mol. The van der Waals surface area contributed by atoms with Crippen LogP contribution in [0.3, 0.4) is 0 Å². The van der Waals surface area contributed by atoms with Gasteiger partial charge in [0.2, 0.25) is 0 Å². The summed E-state index contributed by atoms with van der Waals surface area (Å²) in [5, 5.41) is 7.28. The Morgan fingerprint density at radius 2 is 2.21 bits per heavy atom. The van der Waals surface area contributed by atoms with Crippen LogP contribution in [0.25, 0.3) is 0 Å². The minimum Gasteiger partial charge on any atom is -0.314 e. The van der Waals surface area contributed by atoms with Crippen molar-refractivity contribution < 1.29 is 0 Å². The monoisotopic (exact) mass is 233 g/mol. The fourth-order valence-electron chi connectivity index (χ4n) is 1.48. The first-order chi connectivity index (χ1) is 6.36. The highest BCUT2D eigenvalue weighted by atomic mass is 35.5. The summed E-state index contributed by atoms with van der Waals surface area (Å²) < 4.78 is 0. The molecule has 1 aliphatic heterocycles. The normalized spacial score (nSPS) is 21.4. The van der Waals surface area contributed by atoms with Crippen LogP contribution >= 0.6 is 24.0 Å². The smallest absolute Gasteiger partial charge is 0.129 e. The zero-order valence-corrected chi connectivity index (χ0v) is 9.24. The van der Waals surface area contributed by atoms with Gasteiger partial charge in [-0.2, -0.15) is 0 Å². The number of halogens is 2. The molecule has 0 unspecified atom stereocenters. The van der Waals surface area contributed by atoms with E-state index in [4.69, 9.17) is 11.6 Å². The first kappa shape index (κ1) is 11.7. The summed E-state index contributed by atoms with van der Waals surface area (Å²) in [5.41, 5.74) is 1.19. The molecule has 1 atom stereocenters. The maximum atomic E-state index is 5.70. The molecule has 1 saturated heterocycles. The third kappa shape index (κ3) is 2.82. The number of hydrogen-bond donors (Lipinski definition) is 2. The SMILES string of the molecule is Cl.Clc1ccc([C@H]2CNCCN2)cn1. The van der Waals surface area contributed by atoms with Crippen LogP contribution < -0.4 is 10.6 Å². The minimum absolute atomic E-state index is 0. The lowest BCUT2D eigenvalue weighted by atomic mass is 10.1. The molecule has 2 rings (SSSR count). The van der Waals surface area contributed by atoms with Gasteiger partial charge in [0, 0.05) is 31.9 Å².